The number of aryl methyl sites for hydroxylation is 1. The van der Waals surface area contributed by atoms with Crippen LogP contribution in [0, 0.1) is 0 Å². The number of carbonyl (C=O) groups is 1. The third kappa shape index (κ3) is 2.65. The molecule has 0 radical (unpaired) electrons. The Kier molecular flexibility index (Phi) is 3.32. The Labute approximate surface area is 102 Å². The van der Waals surface area contributed by atoms with Crippen LogP contribution in [0.4, 0.5) is 13.2 Å². The average molecular weight is 261 g/mol. The maximum absolute atomic E-state index is 12.7. The molecule has 1 amide bonds. The summed E-state index contributed by atoms with van der Waals surface area (Å²) in [5.74, 6) is -0.692. The fourth-order valence-electron chi connectivity index (χ4n) is 2.20. The first-order valence-corrected chi connectivity index (χ1v) is 5.79. The van der Waals surface area contributed by atoms with E-state index in [0.717, 1.165) is 36.6 Å². The predicted octanol–water partition coefficient (Wildman–Crippen LogP) is 2.11. The second kappa shape index (κ2) is 4.62. The topological polar surface area (TPSA) is 46.9 Å². The third-order valence-electron chi connectivity index (χ3n) is 3.03. The zero-order valence-corrected chi connectivity index (χ0v) is 9.92. The number of alkyl halides is 3. The number of nitrogens with zero attached hydrogens (tertiary/aromatic N) is 2. The van der Waals surface area contributed by atoms with E-state index < -0.39 is 23.3 Å². The van der Waals surface area contributed by atoms with E-state index in [1.807, 2.05) is 0 Å². The SMILES string of the molecule is Cn1cc(C(=O)NC2CCCC2)c(C(F)(F)F)n1. The minimum Gasteiger partial charge on any atom is -0.349 e. The summed E-state index contributed by atoms with van der Waals surface area (Å²) in [6, 6.07) is -0.0150. The molecule has 7 heteroatoms. The van der Waals surface area contributed by atoms with E-state index in [4.69, 9.17) is 0 Å². The van der Waals surface area contributed by atoms with Gasteiger partial charge in [-0.3, -0.25) is 9.48 Å². The normalized spacial score (nSPS) is 17.1. The molecule has 1 aliphatic carbocycles. The lowest BCUT2D eigenvalue weighted by Gasteiger charge is -2.12. The first-order valence-electron chi connectivity index (χ1n) is 5.79. The van der Waals surface area contributed by atoms with Crippen molar-refractivity contribution in [2.24, 2.45) is 7.05 Å². The second-order valence-corrected chi connectivity index (χ2v) is 4.52. The number of rotatable bonds is 2. The van der Waals surface area contributed by atoms with Crippen LogP contribution < -0.4 is 5.32 Å². The Morgan fingerprint density at radius 3 is 2.61 bits per heavy atom. The molecule has 1 saturated carbocycles. The molecular weight excluding hydrogens is 247 g/mol. The maximum atomic E-state index is 12.7. The Morgan fingerprint density at radius 2 is 2.06 bits per heavy atom. The molecule has 0 aliphatic heterocycles. The molecule has 0 saturated heterocycles. The van der Waals surface area contributed by atoms with Crippen LogP contribution in [0.1, 0.15) is 41.7 Å². The van der Waals surface area contributed by atoms with Crippen LogP contribution in [0.2, 0.25) is 0 Å². The van der Waals surface area contributed by atoms with E-state index in [1.54, 1.807) is 0 Å². The quantitative estimate of drug-likeness (QED) is 0.886. The van der Waals surface area contributed by atoms with Gasteiger partial charge in [-0.1, -0.05) is 12.8 Å². The van der Waals surface area contributed by atoms with Crippen LogP contribution in [-0.4, -0.2) is 21.7 Å². The summed E-state index contributed by atoms with van der Waals surface area (Å²) >= 11 is 0. The van der Waals surface area contributed by atoms with E-state index in [1.165, 1.54) is 7.05 Å². The number of carbonyl (C=O) groups excluding carboxylic acids is 1. The highest BCUT2D eigenvalue weighted by atomic mass is 19.4. The zero-order valence-electron chi connectivity index (χ0n) is 9.92. The van der Waals surface area contributed by atoms with E-state index in [2.05, 4.69) is 10.4 Å². The minimum atomic E-state index is -4.61. The largest absolute Gasteiger partial charge is 0.435 e. The van der Waals surface area contributed by atoms with Gasteiger partial charge in [-0.25, -0.2) is 0 Å². The summed E-state index contributed by atoms with van der Waals surface area (Å²) in [4.78, 5) is 11.8. The van der Waals surface area contributed by atoms with Crippen molar-refractivity contribution in [3.05, 3.63) is 17.5 Å². The van der Waals surface area contributed by atoms with Crippen LogP contribution in [0.15, 0.2) is 6.20 Å². The number of amides is 1. The molecule has 100 valence electrons. The lowest BCUT2D eigenvalue weighted by atomic mass is 10.2. The number of aromatic nitrogens is 2. The monoisotopic (exact) mass is 261 g/mol. The van der Waals surface area contributed by atoms with E-state index in [9.17, 15) is 18.0 Å². The maximum Gasteiger partial charge on any atom is 0.435 e. The van der Waals surface area contributed by atoms with Gasteiger partial charge in [0.15, 0.2) is 5.69 Å². The summed E-state index contributed by atoms with van der Waals surface area (Å²) in [5.41, 5.74) is -1.53. The lowest BCUT2D eigenvalue weighted by molar-refractivity contribution is -0.141. The van der Waals surface area contributed by atoms with E-state index >= 15 is 0 Å². The second-order valence-electron chi connectivity index (χ2n) is 4.52. The first kappa shape index (κ1) is 12.9. The van der Waals surface area contributed by atoms with Gasteiger partial charge >= 0.3 is 6.18 Å². The van der Waals surface area contributed by atoms with Crippen LogP contribution >= 0.6 is 0 Å². The molecule has 1 N–H and O–H groups in total. The number of nitrogens with one attached hydrogen (secondary N) is 1. The molecule has 1 fully saturated rings. The molecule has 0 atom stereocenters. The highest BCUT2D eigenvalue weighted by molar-refractivity contribution is 5.95. The van der Waals surface area contributed by atoms with E-state index in [-0.39, 0.29) is 6.04 Å². The van der Waals surface area contributed by atoms with Crippen molar-refractivity contribution in [1.29, 1.82) is 0 Å². The molecule has 1 heterocycles. The Balaban J connectivity index is 2.19. The molecule has 1 aromatic rings. The van der Waals surface area contributed by atoms with Crippen molar-refractivity contribution in [1.82, 2.24) is 15.1 Å². The minimum absolute atomic E-state index is 0.0150. The first-order chi connectivity index (χ1) is 8.38. The Morgan fingerprint density at radius 1 is 1.44 bits per heavy atom. The van der Waals surface area contributed by atoms with Crippen LogP contribution in [0.3, 0.4) is 0 Å². The fraction of sp³-hybridized carbons (Fsp3) is 0.636. The van der Waals surface area contributed by atoms with Crippen molar-refractivity contribution >= 4 is 5.91 Å². The molecule has 1 aliphatic rings. The molecule has 4 nitrogen and oxygen atoms in total. The molecule has 0 aromatic carbocycles. The molecule has 0 bridgehead atoms. The summed E-state index contributed by atoms with van der Waals surface area (Å²) in [5, 5.41) is 5.94. The van der Waals surface area contributed by atoms with Crippen LogP contribution in [0.5, 0.6) is 0 Å². The molecule has 0 spiro atoms. The van der Waals surface area contributed by atoms with Gasteiger partial charge in [-0.15, -0.1) is 0 Å². The van der Waals surface area contributed by atoms with Crippen molar-refractivity contribution in [3.63, 3.8) is 0 Å². The van der Waals surface area contributed by atoms with Gasteiger partial charge in [0.05, 0.1) is 5.56 Å². The number of hydrogen-bond donors (Lipinski definition) is 1. The van der Waals surface area contributed by atoms with Gasteiger partial charge in [0, 0.05) is 19.3 Å². The van der Waals surface area contributed by atoms with Gasteiger partial charge in [-0.05, 0) is 12.8 Å². The smallest absolute Gasteiger partial charge is 0.349 e. The van der Waals surface area contributed by atoms with Crippen LogP contribution in [-0.2, 0) is 13.2 Å². The average Bonchev–Trinajstić information content (AvgIpc) is 2.85. The van der Waals surface area contributed by atoms with Gasteiger partial charge in [0.2, 0.25) is 0 Å². The highest BCUT2D eigenvalue weighted by Crippen LogP contribution is 2.30. The van der Waals surface area contributed by atoms with Crippen molar-refractivity contribution in [2.75, 3.05) is 0 Å². The van der Waals surface area contributed by atoms with Crippen molar-refractivity contribution in [2.45, 2.75) is 37.9 Å². The molecule has 1 aromatic heterocycles. The molecular formula is C11H14F3N3O. The Hall–Kier alpha value is -1.53. The number of hydrogen-bond acceptors (Lipinski definition) is 2. The summed E-state index contributed by atoms with van der Waals surface area (Å²) in [6.07, 6.45) is 0.158. The molecule has 2 rings (SSSR count). The third-order valence-corrected chi connectivity index (χ3v) is 3.03. The highest BCUT2D eigenvalue weighted by Gasteiger charge is 2.39. The van der Waals surface area contributed by atoms with Gasteiger partial charge < -0.3 is 5.32 Å². The summed E-state index contributed by atoms with van der Waals surface area (Å²) in [6.45, 7) is 0. The Bertz CT molecular complexity index is 447. The summed E-state index contributed by atoms with van der Waals surface area (Å²) in [7, 11) is 1.36. The van der Waals surface area contributed by atoms with Gasteiger partial charge in [0.25, 0.3) is 5.91 Å². The zero-order chi connectivity index (χ0) is 13.3. The predicted molar refractivity (Wildman–Crippen MR) is 57.9 cm³/mol. The summed E-state index contributed by atoms with van der Waals surface area (Å²) < 4.78 is 39.0. The molecule has 18 heavy (non-hydrogen) atoms. The van der Waals surface area contributed by atoms with Crippen molar-refractivity contribution in [3.8, 4) is 0 Å². The van der Waals surface area contributed by atoms with Gasteiger partial charge in [-0.2, -0.15) is 18.3 Å². The fourth-order valence-corrected chi connectivity index (χ4v) is 2.20. The lowest BCUT2D eigenvalue weighted by Crippen LogP contribution is -2.33. The van der Waals surface area contributed by atoms with Crippen LogP contribution in [0.25, 0.3) is 0 Å². The molecule has 0 unspecified atom stereocenters. The van der Waals surface area contributed by atoms with Gasteiger partial charge in [0.1, 0.15) is 0 Å². The van der Waals surface area contributed by atoms with E-state index in [0.29, 0.717) is 0 Å². The number of halogens is 3. The standard InChI is InChI=1S/C11H14F3N3O/c1-17-6-8(9(16-17)11(12,13)14)10(18)15-7-4-2-3-5-7/h6-7H,2-5H2,1H3,(H,15,18). The van der Waals surface area contributed by atoms with Crippen molar-refractivity contribution < 1.29 is 18.0 Å².